The second-order valence-corrected chi connectivity index (χ2v) is 6.13. The van der Waals surface area contributed by atoms with Crippen molar-refractivity contribution < 1.29 is 36.3 Å². The van der Waals surface area contributed by atoms with E-state index in [0.717, 1.165) is 18.2 Å². The van der Waals surface area contributed by atoms with E-state index in [1.54, 1.807) is 0 Å². The minimum atomic E-state index is -4.74. The summed E-state index contributed by atoms with van der Waals surface area (Å²) in [4.78, 5) is 23.9. The Balaban J connectivity index is 1.93. The van der Waals surface area contributed by atoms with E-state index in [1.165, 1.54) is 30.3 Å². The molecular formula is C17H12F5NO3S. The number of carbonyl (C=O) groups excluding carboxylic acids is 2. The fourth-order valence-electron chi connectivity index (χ4n) is 2.03. The number of hydrogen-bond donors (Lipinski definition) is 1. The highest BCUT2D eigenvalue weighted by Crippen LogP contribution is 2.32. The fourth-order valence-corrected chi connectivity index (χ4v) is 2.53. The van der Waals surface area contributed by atoms with Crippen molar-refractivity contribution in [1.82, 2.24) is 0 Å². The fraction of sp³-hybridized carbons (Fsp3) is 0.176. The molecule has 0 aliphatic rings. The van der Waals surface area contributed by atoms with Crippen molar-refractivity contribution in [3.63, 3.8) is 0 Å². The Hall–Kier alpha value is -2.62. The van der Waals surface area contributed by atoms with E-state index < -0.39 is 41.5 Å². The number of hydrogen-bond acceptors (Lipinski definition) is 4. The molecule has 0 bridgehead atoms. The van der Waals surface area contributed by atoms with E-state index in [1.807, 2.05) is 0 Å². The monoisotopic (exact) mass is 405 g/mol. The summed E-state index contributed by atoms with van der Waals surface area (Å²) in [6.45, 7) is -0.807. The number of esters is 1. The Labute approximate surface area is 154 Å². The lowest BCUT2D eigenvalue weighted by atomic mass is 10.1. The molecule has 1 amide bonds. The van der Waals surface area contributed by atoms with Crippen LogP contribution in [0.15, 0.2) is 53.4 Å². The molecule has 2 aromatic rings. The van der Waals surface area contributed by atoms with Crippen LogP contribution >= 0.6 is 11.8 Å². The van der Waals surface area contributed by atoms with Gasteiger partial charge in [-0.2, -0.15) is 22.0 Å². The first-order chi connectivity index (χ1) is 12.7. The number of thioether (sulfide) groups is 1. The van der Waals surface area contributed by atoms with Crippen molar-refractivity contribution in [3.05, 3.63) is 59.7 Å². The van der Waals surface area contributed by atoms with Gasteiger partial charge in [-0.1, -0.05) is 23.9 Å². The number of benzene rings is 2. The minimum Gasteiger partial charge on any atom is -0.452 e. The van der Waals surface area contributed by atoms with E-state index in [9.17, 15) is 31.5 Å². The van der Waals surface area contributed by atoms with Crippen molar-refractivity contribution in [2.24, 2.45) is 0 Å². The maximum Gasteiger partial charge on any atom is 0.417 e. The number of nitrogens with one attached hydrogen (secondary N) is 1. The zero-order valence-corrected chi connectivity index (χ0v) is 14.2. The summed E-state index contributed by atoms with van der Waals surface area (Å²) < 4.78 is 67.7. The van der Waals surface area contributed by atoms with E-state index in [-0.39, 0.29) is 10.6 Å². The molecule has 4 nitrogen and oxygen atoms in total. The summed E-state index contributed by atoms with van der Waals surface area (Å²) in [5.41, 5.74) is -1.61. The van der Waals surface area contributed by atoms with E-state index in [4.69, 9.17) is 0 Å². The highest BCUT2D eigenvalue weighted by atomic mass is 32.2. The molecule has 0 fully saturated rings. The van der Waals surface area contributed by atoms with E-state index in [0.29, 0.717) is 11.8 Å². The van der Waals surface area contributed by atoms with Gasteiger partial charge in [0.2, 0.25) is 0 Å². The molecule has 0 unspecified atom stereocenters. The van der Waals surface area contributed by atoms with Gasteiger partial charge in [-0.15, -0.1) is 0 Å². The molecule has 1 N–H and O–H groups in total. The maximum atomic E-state index is 12.9. The maximum absolute atomic E-state index is 12.9. The number of alkyl halides is 5. The summed E-state index contributed by atoms with van der Waals surface area (Å²) in [6.07, 6.45) is -4.74. The lowest BCUT2D eigenvalue weighted by molar-refractivity contribution is -0.138. The number of carbonyl (C=O) groups is 2. The molecule has 0 heterocycles. The first-order valence-electron chi connectivity index (χ1n) is 7.35. The van der Waals surface area contributed by atoms with Gasteiger partial charge in [0, 0.05) is 10.6 Å². The van der Waals surface area contributed by atoms with Gasteiger partial charge in [-0.3, -0.25) is 4.79 Å². The van der Waals surface area contributed by atoms with Crippen LogP contribution in [-0.4, -0.2) is 24.2 Å². The molecule has 2 rings (SSSR count). The van der Waals surface area contributed by atoms with Crippen LogP contribution in [-0.2, 0) is 15.7 Å². The van der Waals surface area contributed by atoms with Crippen molar-refractivity contribution in [1.29, 1.82) is 0 Å². The highest BCUT2D eigenvalue weighted by molar-refractivity contribution is 7.99. The normalized spacial score (nSPS) is 11.3. The SMILES string of the molecule is O=C(COC(=O)c1ccccc1C(F)(F)F)Nc1ccc(SC(F)F)cc1. The van der Waals surface area contributed by atoms with Crippen molar-refractivity contribution in [3.8, 4) is 0 Å². The number of anilines is 1. The van der Waals surface area contributed by atoms with Crippen LogP contribution in [0.1, 0.15) is 15.9 Å². The quantitative estimate of drug-likeness (QED) is 0.426. The average molecular weight is 405 g/mol. The number of halogens is 5. The molecule has 0 atom stereocenters. The van der Waals surface area contributed by atoms with Crippen molar-refractivity contribution in [2.75, 3.05) is 11.9 Å². The number of ether oxygens (including phenoxy) is 1. The Kier molecular flexibility index (Phi) is 6.78. The molecule has 27 heavy (non-hydrogen) atoms. The largest absolute Gasteiger partial charge is 0.452 e. The van der Waals surface area contributed by atoms with Crippen LogP contribution < -0.4 is 5.32 Å². The lowest BCUT2D eigenvalue weighted by Crippen LogP contribution is -2.22. The number of rotatable bonds is 6. The van der Waals surface area contributed by atoms with Gasteiger partial charge in [-0.25, -0.2) is 4.79 Å². The number of amides is 1. The molecule has 144 valence electrons. The highest BCUT2D eigenvalue weighted by Gasteiger charge is 2.35. The molecule has 0 spiro atoms. The first kappa shape index (κ1) is 20.7. The second kappa shape index (κ2) is 8.85. The topological polar surface area (TPSA) is 55.4 Å². The smallest absolute Gasteiger partial charge is 0.417 e. The molecular weight excluding hydrogens is 393 g/mol. The summed E-state index contributed by atoms with van der Waals surface area (Å²) in [5, 5.41) is 2.34. The first-order valence-corrected chi connectivity index (χ1v) is 8.23. The molecule has 0 saturated carbocycles. The molecule has 0 aliphatic heterocycles. The lowest BCUT2D eigenvalue weighted by Gasteiger charge is -2.12. The zero-order chi connectivity index (χ0) is 20.0. The van der Waals surface area contributed by atoms with Crippen LogP contribution in [0.3, 0.4) is 0 Å². The van der Waals surface area contributed by atoms with Crippen molar-refractivity contribution >= 4 is 29.3 Å². The van der Waals surface area contributed by atoms with E-state index >= 15 is 0 Å². The van der Waals surface area contributed by atoms with E-state index in [2.05, 4.69) is 10.1 Å². The Morgan fingerprint density at radius 1 is 1.04 bits per heavy atom. The third-order valence-electron chi connectivity index (χ3n) is 3.15. The summed E-state index contributed by atoms with van der Waals surface area (Å²) >= 11 is 0.334. The Morgan fingerprint density at radius 2 is 1.67 bits per heavy atom. The Bertz CT molecular complexity index is 809. The van der Waals surface area contributed by atoms with Crippen LogP contribution in [0.2, 0.25) is 0 Å². The van der Waals surface area contributed by atoms with Gasteiger partial charge in [-0.05, 0) is 36.4 Å². The van der Waals surface area contributed by atoms with Gasteiger partial charge >= 0.3 is 12.1 Å². The van der Waals surface area contributed by atoms with Crippen molar-refractivity contribution in [2.45, 2.75) is 16.8 Å². The zero-order valence-electron chi connectivity index (χ0n) is 13.4. The minimum absolute atomic E-state index is 0.255. The summed E-state index contributed by atoms with van der Waals surface area (Å²) in [5.74, 6) is -4.66. The molecule has 0 radical (unpaired) electrons. The molecule has 0 aliphatic carbocycles. The van der Waals surface area contributed by atoms with Gasteiger partial charge in [0.25, 0.3) is 11.7 Å². The summed E-state index contributed by atoms with van der Waals surface area (Å²) in [7, 11) is 0. The van der Waals surface area contributed by atoms with Gasteiger partial charge in [0.05, 0.1) is 11.1 Å². The predicted octanol–water partition coefficient (Wildman–Crippen LogP) is 4.82. The second-order valence-electron chi connectivity index (χ2n) is 5.07. The predicted molar refractivity (Wildman–Crippen MR) is 88.7 cm³/mol. The van der Waals surface area contributed by atoms with Crippen LogP contribution in [0.5, 0.6) is 0 Å². The van der Waals surface area contributed by atoms with Crippen LogP contribution in [0.25, 0.3) is 0 Å². The third kappa shape index (κ3) is 6.24. The third-order valence-corrected chi connectivity index (χ3v) is 3.87. The Morgan fingerprint density at radius 3 is 2.26 bits per heavy atom. The average Bonchev–Trinajstić information content (AvgIpc) is 2.60. The molecule has 10 heteroatoms. The van der Waals surface area contributed by atoms with Gasteiger partial charge in [0.1, 0.15) is 0 Å². The molecule has 2 aromatic carbocycles. The standard InChI is InChI=1S/C17H12F5NO3S/c18-16(19)27-11-7-5-10(6-8-11)23-14(24)9-26-15(25)12-3-1-2-4-13(12)17(20,21)22/h1-8,16H,9H2,(H,23,24). The van der Waals surface area contributed by atoms with Gasteiger partial charge in [0.15, 0.2) is 6.61 Å². The van der Waals surface area contributed by atoms with Crippen LogP contribution in [0.4, 0.5) is 27.6 Å². The molecule has 0 saturated heterocycles. The molecule has 0 aromatic heterocycles. The van der Waals surface area contributed by atoms with Gasteiger partial charge < -0.3 is 10.1 Å². The van der Waals surface area contributed by atoms with Crippen LogP contribution in [0, 0.1) is 0 Å². The summed E-state index contributed by atoms with van der Waals surface area (Å²) in [6, 6.07) is 9.49.